The van der Waals surface area contributed by atoms with Gasteiger partial charge in [0, 0.05) is 35.4 Å². The predicted octanol–water partition coefficient (Wildman–Crippen LogP) is 3.39. The first kappa shape index (κ1) is 14.4. The zero-order valence-corrected chi connectivity index (χ0v) is 12.4. The minimum atomic E-state index is 0.663. The van der Waals surface area contributed by atoms with Crippen molar-refractivity contribution in [3.63, 3.8) is 0 Å². The molecule has 0 amide bonds. The Morgan fingerprint density at radius 2 is 1.95 bits per heavy atom. The maximum atomic E-state index is 6.01. The summed E-state index contributed by atoms with van der Waals surface area (Å²) < 4.78 is 2.17. The Morgan fingerprint density at radius 1 is 1.21 bits per heavy atom. The zero-order valence-electron chi connectivity index (χ0n) is 10.9. The minimum absolute atomic E-state index is 0.663. The van der Waals surface area contributed by atoms with Crippen LogP contribution in [-0.2, 0) is 13.0 Å². The van der Waals surface area contributed by atoms with Crippen molar-refractivity contribution < 1.29 is 0 Å². The summed E-state index contributed by atoms with van der Waals surface area (Å²) in [5, 5.41) is 4.47. The highest BCUT2D eigenvalue weighted by molar-refractivity contribution is 6.34. The lowest BCUT2D eigenvalue weighted by molar-refractivity contribution is 0.594. The second-order valence-corrected chi connectivity index (χ2v) is 5.32. The normalized spacial score (nSPS) is 10.9. The molecule has 0 spiro atoms. The quantitative estimate of drug-likeness (QED) is 0.828. The van der Waals surface area contributed by atoms with Gasteiger partial charge in [0.25, 0.3) is 0 Å². The summed E-state index contributed by atoms with van der Waals surface area (Å²) in [5.41, 5.74) is 1.08. The summed E-state index contributed by atoms with van der Waals surface area (Å²) >= 11 is 12.0. The van der Waals surface area contributed by atoms with Crippen molar-refractivity contribution in [2.45, 2.75) is 19.4 Å². The van der Waals surface area contributed by atoms with Crippen molar-refractivity contribution in [1.82, 2.24) is 14.9 Å². The van der Waals surface area contributed by atoms with E-state index in [4.69, 9.17) is 23.2 Å². The Kier molecular flexibility index (Phi) is 5.25. The number of nitrogens with zero attached hydrogens (tertiary/aromatic N) is 2. The van der Waals surface area contributed by atoms with Crippen molar-refractivity contribution in [3.8, 4) is 0 Å². The Hall–Kier alpha value is -1.03. The zero-order chi connectivity index (χ0) is 13.7. The molecule has 102 valence electrons. The van der Waals surface area contributed by atoms with Crippen molar-refractivity contribution in [2.24, 2.45) is 0 Å². The monoisotopic (exact) mass is 297 g/mol. The van der Waals surface area contributed by atoms with Gasteiger partial charge in [-0.3, -0.25) is 0 Å². The van der Waals surface area contributed by atoms with E-state index in [0.29, 0.717) is 10.0 Å². The highest BCUT2D eigenvalue weighted by Crippen LogP contribution is 2.20. The van der Waals surface area contributed by atoms with E-state index in [0.717, 1.165) is 37.3 Å². The third-order valence-corrected chi connectivity index (χ3v) is 3.35. The molecular weight excluding hydrogens is 281 g/mol. The first-order valence-electron chi connectivity index (χ1n) is 6.28. The van der Waals surface area contributed by atoms with E-state index in [2.05, 4.69) is 14.9 Å². The van der Waals surface area contributed by atoms with Crippen LogP contribution in [0.4, 0.5) is 0 Å². The van der Waals surface area contributed by atoms with Gasteiger partial charge in [0.1, 0.15) is 5.82 Å². The molecule has 0 bridgehead atoms. The molecule has 0 saturated heterocycles. The van der Waals surface area contributed by atoms with Crippen LogP contribution in [0.25, 0.3) is 0 Å². The predicted molar refractivity (Wildman–Crippen MR) is 80.0 cm³/mol. The topological polar surface area (TPSA) is 29.9 Å². The molecule has 1 N–H and O–H groups in total. The van der Waals surface area contributed by atoms with E-state index >= 15 is 0 Å². The van der Waals surface area contributed by atoms with Gasteiger partial charge in [-0.1, -0.05) is 23.2 Å². The van der Waals surface area contributed by atoms with Gasteiger partial charge in [-0.05, 0) is 43.8 Å². The van der Waals surface area contributed by atoms with Crippen molar-refractivity contribution >= 4 is 23.2 Å². The van der Waals surface area contributed by atoms with Gasteiger partial charge in [-0.2, -0.15) is 0 Å². The number of hydrogen-bond acceptors (Lipinski definition) is 2. The van der Waals surface area contributed by atoms with E-state index in [1.165, 1.54) is 0 Å². The van der Waals surface area contributed by atoms with E-state index < -0.39 is 0 Å². The largest absolute Gasteiger partial charge is 0.335 e. The number of aromatic nitrogens is 2. The summed E-state index contributed by atoms with van der Waals surface area (Å²) in [6.07, 6.45) is 5.67. The van der Waals surface area contributed by atoms with Gasteiger partial charge in [-0.25, -0.2) is 4.98 Å². The lowest BCUT2D eigenvalue weighted by atomic mass is 10.1. The van der Waals surface area contributed by atoms with Crippen LogP contribution < -0.4 is 5.32 Å². The molecule has 0 radical (unpaired) electrons. The average molecular weight is 298 g/mol. The maximum absolute atomic E-state index is 6.01. The number of rotatable bonds is 6. The van der Waals surface area contributed by atoms with Gasteiger partial charge in [0.05, 0.1) is 0 Å². The highest BCUT2D eigenvalue weighted by atomic mass is 35.5. The van der Waals surface area contributed by atoms with Gasteiger partial charge >= 0.3 is 0 Å². The average Bonchev–Trinajstić information content (AvgIpc) is 2.76. The van der Waals surface area contributed by atoms with Crippen LogP contribution in [0.15, 0.2) is 30.6 Å². The van der Waals surface area contributed by atoms with Crippen molar-refractivity contribution in [3.05, 3.63) is 52.0 Å². The first-order chi connectivity index (χ1) is 9.19. The van der Waals surface area contributed by atoms with E-state index in [1.54, 1.807) is 6.07 Å². The number of nitrogens with one attached hydrogen (secondary N) is 1. The smallest absolute Gasteiger partial charge is 0.113 e. The standard InChI is InChI=1S/C14H17Cl2N3/c1-17-3-2-5-19-6-4-18-14(19)9-11-7-12(15)10-13(16)8-11/h4,6-8,10,17H,2-3,5,9H2,1H3. The SMILES string of the molecule is CNCCCn1ccnc1Cc1cc(Cl)cc(Cl)c1. The van der Waals surface area contributed by atoms with Gasteiger partial charge in [0.2, 0.25) is 0 Å². The van der Waals surface area contributed by atoms with Crippen molar-refractivity contribution in [2.75, 3.05) is 13.6 Å². The number of imidazole rings is 1. The summed E-state index contributed by atoms with van der Waals surface area (Å²) in [5.74, 6) is 1.04. The summed E-state index contributed by atoms with van der Waals surface area (Å²) in [7, 11) is 1.96. The second kappa shape index (κ2) is 6.94. The molecule has 0 aliphatic carbocycles. The third kappa shape index (κ3) is 4.23. The number of halogens is 2. The molecule has 1 heterocycles. The van der Waals surface area contributed by atoms with Crippen LogP contribution in [0.1, 0.15) is 17.8 Å². The minimum Gasteiger partial charge on any atom is -0.335 e. The van der Waals surface area contributed by atoms with Crippen LogP contribution in [0.3, 0.4) is 0 Å². The molecule has 2 aromatic rings. The summed E-state index contributed by atoms with van der Waals surface area (Å²) in [4.78, 5) is 4.41. The number of hydrogen-bond donors (Lipinski definition) is 1. The molecule has 5 heteroatoms. The molecule has 0 aliphatic rings. The molecule has 0 fully saturated rings. The van der Waals surface area contributed by atoms with Crippen LogP contribution in [-0.4, -0.2) is 23.1 Å². The maximum Gasteiger partial charge on any atom is 0.113 e. The van der Waals surface area contributed by atoms with Crippen LogP contribution >= 0.6 is 23.2 Å². The highest BCUT2D eigenvalue weighted by Gasteiger charge is 2.05. The molecule has 1 aromatic heterocycles. The third-order valence-electron chi connectivity index (χ3n) is 2.91. The molecule has 1 aromatic carbocycles. The summed E-state index contributed by atoms with van der Waals surface area (Å²) in [6, 6.07) is 5.60. The van der Waals surface area contributed by atoms with Crippen LogP contribution in [0, 0.1) is 0 Å². The van der Waals surface area contributed by atoms with Gasteiger partial charge in [0.15, 0.2) is 0 Å². The second-order valence-electron chi connectivity index (χ2n) is 4.45. The van der Waals surface area contributed by atoms with Gasteiger partial charge in [-0.15, -0.1) is 0 Å². The molecule has 2 rings (SSSR count). The van der Waals surface area contributed by atoms with Crippen molar-refractivity contribution in [1.29, 1.82) is 0 Å². The fraction of sp³-hybridized carbons (Fsp3) is 0.357. The molecule has 0 unspecified atom stereocenters. The number of benzene rings is 1. The Morgan fingerprint density at radius 3 is 2.63 bits per heavy atom. The Balaban J connectivity index is 2.08. The fourth-order valence-electron chi connectivity index (χ4n) is 2.03. The van der Waals surface area contributed by atoms with E-state index in [-0.39, 0.29) is 0 Å². The molecular formula is C14H17Cl2N3. The van der Waals surface area contributed by atoms with E-state index in [9.17, 15) is 0 Å². The van der Waals surface area contributed by atoms with Crippen LogP contribution in [0.2, 0.25) is 10.0 Å². The first-order valence-corrected chi connectivity index (χ1v) is 7.04. The van der Waals surface area contributed by atoms with Crippen LogP contribution in [0.5, 0.6) is 0 Å². The molecule has 0 saturated carbocycles. The molecule has 19 heavy (non-hydrogen) atoms. The molecule has 3 nitrogen and oxygen atoms in total. The molecule has 0 atom stereocenters. The Labute approximate surface area is 123 Å². The summed E-state index contributed by atoms with van der Waals surface area (Å²) in [6.45, 7) is 1.96. The fourth-order valence-corrected chi connectivity index (χ4v) is 2.60. The van der Waals surface area contributed by atoms with E-state index in [1.807, 2.05) is 31.6 Å². The lowest BCUT2D eigenvalue weighted by Crippen LogP contribution is -2.12. The van der Waals surface area contributed by atoms with Gasteiger partial charge < -0.3 is 9.88 Å². The number of aryl methyl sites for hydroxylation is 1. The lowest BCUT2D eigenvalue weighted by Gasteiger charge is -2.08. The molecule has 0 aliphatic heterocycles. The Bertz CT molecular complexity index is 517.